The summed E-state index contributed by atoms with van der Waals surface area (Å²) in [5.74, 6) is 0.0523. The Morgan fingerprint density at radius 3 is 2.17 bits per heavy atom. The number of H-pyrrole nitrogens is 1. The van der Waals surface area contributed by atoms with Crippen LogP contribution in [0, 0.1) is 0 Å². The lowest BCUT2D eigenvalue weighted by atomic mass is 9.84. The van der Waals surface area contributed by atoms with Crippen molar-refractivity contribution < 1.29 is 19.1 Å². The summed E-state index contributed by atoms with van der Waals surface area (Å²) in [6.45, 7) is 1.22. The first-order valence-corrected chi connectivity index (χ1v) is 15.9. The number of benzene rings is 4. The van der Waals surface area contributed by atoms with Gasteiger partial charge in [0.05, 0.1) is 37.8 Å². The SMILES string of the molecule is COC(=O)N[C@H](C(=O)Nc1ccccc1CC[C@@H]1CN[C@H](c2cnc(-c3ccccc3)[nH]2)CO1)C(c1ccccc1)c1ccccc1. The summed E-state index contributed by atoms with van der Waals surface area (Å²) in [5.41, 5.74) is 5.52. The highest BCUT2D eigenvalue weighted by Crippen LogP contribution is 2.30. The molecule has 5 aromatic rings. The average Bonchev–Trinajstić information content (AvgIpc) is 3.63. The first-order chi connectivity index (χ1) is 23.1. The van der Waals surface area contributed by atoms with E-state index in [1.165, 1.54) is 7.11 Å². The van der Waals surface area contributed by atoms with Crippen LogP contribution >= 0.6 is 0 Å². The van der Waals surface area contributed by atoms with Gasteiger partial charge in [0.25, 0.3) is 0 Å². The molecule has 0 saturated carbocycles. The summed E-state index contributed by atoms with van der Waals surface area (Å²) in [7, 11) is 1.29. The van der Waals surface area contributed by atoms with Crippen LogP contribution < -0.4 is 16.0 Å². The lowest BCUT2D eigenvalue weighted by Gasteiger charge is -2.30. The van der Waals surface area contributed by atoms with Crippen molar-refractivity contribution in [2.24, 2.45) is 0 Å². The van der Waals surface area contributed by atoms with E-state index >= 15 is 0 Å². The number of imidazole rings is 1. The van der Waals surface area contributed by atoms with Gasteiger partial charge in [0, 0.05) is 23.7 Å². The second-order valence-electron chi connectivity index (χ2n) is 11.6. The summed E-state index contributed by atoms with van der Waals surface area (Å²) in [6, 6.07) is 36.3. The molecule has 6 rings (SSSR count). The van der Waals surface area contributed by atoms with Crippen LogP contribution in [0.4, 0.5) is 10.5 Å². The molecular formula is C38H39N5O4. The van der Waals surface area contributed by atoms with E-state index in [4.69, 9.17) is 9.47 Å². The molecule has 0 aliphatic carbocycles. The van der Waals surface area contributed by atoms with Gasteiger partial charge >= 0.3 is 6.09 Å². The molecule has 9 heteroatoms. The number of hydrogen-bond acceptors (Lipinski definition) is 6. The Labute approximate surface area is 274 Å². The number of hydrogen-bond donors (Lipinski definition) is 4. The van der Waals surface area contributed by atoms with E-state index in [1.807, 2.05) is 121 Å². The summed E-state index contributed by atoms with van der Waals surface area (Å²) >= 11 is 0. The number of ether oxygens (including phenoxy) is 2. The first-order valence-electron chi connectivity index (χ1n) is 15.9. The van der Waals surface area contributed by atoms with Gasteiger partial charge in [-0.25, -0.2) is 9.78 Å². The molecule has 1 fully saturated rings. The van der Waals surface area contributed by atoms with Gasteiger partial charge in [-0.05, 0) is 35.6 Å². The van der Waals surface area contributed by atoms with Gasteiger partial charge in [0.2, 0.25) is 5.91 Å². The number of alkyl carbamates (subject to hydrolysis) is 1. The number of methoxy groups -OCH3 is 1. The van der Waals surface area contributed by atoms with Crippen LogP contribution in [0.5, 0.6) is 0 Å². The van der Waals surface area contributed by atoms with Crippen molar-refractivity contribution >= 4 is 17.7 Å². The fraction of sp³-hybridized carbons (Fsp3) is 0.237. The van der Waals surface area contributed by atoms with Crippen LogP contribution in [-0.2, 0) is 20.7 Å². The number of rotatable bonds is 11. The summed E-state index contributed by atoms with van der Waals surface area (Å²) < 4.78 is 11.2. The Kier molecular flexibility index (Phi) is 10.4. The van der Waals surface area contributed by atoms with E-state index in [2.05, 4.69) is 25.9 Å². The molecule has 1 aliphatic heterocycles. The molecule has 1 aliphatic rings. The van der Waals surface area contributed by atoms with E-state index in [9.17, 15) is 9.59 Å². The normalized spacial score (nSPS) is 16.7. The number of carbonyl (C=O) groups is 2. The van der Waals surface area contributed by atoms with Crippen molar-refractivity contribution in [1.82, 2.24) is 20.6 Å². The van der Waals surface area contributed by atoms with E-state index in [0.717, 1.165) is 40.2 Å². The average molecular weight is 630 g/mol. The molecule has 1 saturated heterocycles. The fourth-order valence-corrected chi connectivity index (χ4v) is 6.04. The van der Waals surface area contributed by atoms with E-state index in [0.29, 0.717) is 25.3 Å². The summed E-state index contributed by atoms with van der Waals surface area (Å²) in [6.07, 6.45) is 2.67. The number of anilines is 1. The molecule has 2 heterocycles. The molecular weight excluding hydrogens is 590 g/mol. The molecule has 2 amide bonds. The van der Waals surface area contributed by atoms with Crippen LogP contribution in [0.2, 0.25) is 0 Å². The zero-order chi connectivity index (χ0) is 32.4. The van der Waals surface area contributed by atoms with Crippen LogP contribution in [0.1, 0.15) is 40.8 Å². The summed E-state index contributed by atoms with van der Waals surface area (Å²) in [4.78, 5) is 34.6. The highest BCUT2D eigenvalue weighted by atomic mass is 16.5. The number of para-hydroxylation sites is 1. The van der Waals surface area contributed by atoms with E-state index in [-0.39, 0.29) is 18.1 Å². The van der Waals surface area contributed by atoms with Gasteiger partial charge in [0.1, 0.15) is 11.9 Å². The maximum atomic E-state index is 14.0. The minimum absolute atomic E-state index is 0.0146. The summed E-state index contributed by atoms with van der Waals surface area (Å²) in [5, 5.41) is 9.52. The molecule has 47 heavy (non-hydrogen) atoms. The molecule has 4 aromatic carbocycles. The maximum absolute atomic E-state index is 14.0. The minimum atomic E-state index is -0.937. The number of aryl methyl sites for hydroxylation is 1. The topological polar surface area (TPSA) is 117 Å². The van der Waals surface area contributed by atoms with Crippen molar-refractivity contribution in [2.75, 3.05) is 25.6 Å². The third kappa shape index (κ3) is 7.95. The van der Waals surface area contributed by atoms with E-state index in [1.54, 1.807) is 0 Å². The molecule has 240 valence electrons. The molecule has 0 radical (unpaired) electrons. The first kappa shape index (κ1) is 31.7. The van der Waals surface area contributed by atoms with Gasteiger partial charge in [-0.3, -0.25) is 4.79 Å². The second kappa shape index (κ2) is 15.4. The Morgan fingerprint density at radius 1 is 0.894 bits per heavy atom. The van der Waals surface area contributed by atoms with Gasteiger partial charge in [-0.1, -0.05) is 109 Å². The van der Waals surface area contributed by atoms with Gasteiger partial charge in [-0.2, -0.15) is 0 Å². The predicted molar refractivity (Wildman–Crippen MR) is 182 cm³/mol. The molecule has 0 spiro atoms. The maximum Gasteiger partial charge on any atom is 0.407 e. The van der Waals surface area contributed by atoms with Crippen LogP contribution in [-0.4, -0.2) is 54.4 Å². The Bertz CT molecular complexity index is 1700. The highest BCUT2D eigenvalue weighted by Gasteiger charge is 2.33. The zero-order valence-electron chi connectivity index (χ0n) is 26.3. The molecule has 0 unspecified atom stereocenters. The zero-order valence-corrected chi connectivity index (χ0v) is 26.3. The predicted octanol–water partition coefficient (Wildman–Crippen LogP) is 6.23. The van der Waals surface area contributed by atoms with Gasteiger partial charge < -0.3 is 30.4 Å². The van der Waals surface area contributed by atoms with Crippen molar-refractivity contribution in [3.63, 3.8) is 0 Å². The van der Waals surface area contributed by atoms with Crippen LogP contribution in [0.15, 0.2) is 121 Å². The number of amides is 2. The van der Waals surface area contributed by atoms with Gasteiger partial charge in [-0.15, -0.1) is 0 Å². The number of aromatic amines is 1. The molecule has 1 aromatic heterocycles. The van der Waals surface area contributed by atoms with E-state index < -0.39 is 18.1 Å². The minimum Gasteiger partial charge on any atom is -0.453 e. The second-order valence-corrected chi connectivity index (χ2v) is 11.6. The third-order valence-electron chi connectivity index (χ3n) is 8.51. The molecule has 0 bridgehead atoms. The Balaban J connectivity index is 1.12. The van der Waals surface area contributed by atoms with Crippen LogP contribution in [0.25, 0.3) is 11.4 Å². The van der Waals surface area contributed by atoms with Gasteiger partial charge in [0.15, 0.2) is 0 Å². The van der Waals surface area contributed by atoms with Crippen LogP contribution in [0.3, 0.4) is 0 Å². The highest BCUT2D eigenvalue weighted by molar-refractivity contribution is 5.98. The van der Waals surface area contributed by atoms with Crippen molar-refractivity contribution in [3.8, 4) is 11.4 Å². The lowest BCUT2D eigenvalue weighted by molar-refractivity contribution is -0.118. The quantitative estimate of drug-likeness (QED) is 0.138. The number of carbonyl (C=O) groups excluding carboxylic acids is 2. The molecule has 4 N–H and O–H groups in total. The smallest absolute Gasteiger partial charge is 0.407 e. The number of nitrogens with zero attached hydrogens (tertiary/aromatic N) is 1. The number of aromatic nitrogens is 2. The monoisotopic (exact) mass is 629 g/mol. The number of nitrogens with one attached hydrogen (secondary N) is 4. The Morgan fingerprint density at radius 2 is 1.53 bits per heavy atom. The molecule has 3 atom stereocenters. The Hall–Kier alpha value is -5.25. The third-order valence-corrected chi connectivity index (χ3v) is 8.51. The van der Waals surface area contributed by atoms with Crippen molar-refractivity contribution in [1.29, 1.82) is 0 Å². The van der Waals surface area contributed by atoms with Crippen molar-refractivity contribution in [3.05, 3.63) is 144 Å². The van der Waals surface area contributed by atoms with Crippen molar-refractivity contribution in [2.45, 2.75) is 36.9 Å². The standard InChI is InChI=1S/C38H39N5O4/c1-46-38(45)43-35(34(27-14-5-2-6-15-27)28-16-7-3-8-17-28)37(44)42-31-20-12-11-13-26(31)21-22-30-23-39-33(25-47-30)32-24-40-36(41-32)29-18-9-4-10-19-29/h2-20,24,30,33-35,39H,21-23,25H2,1H3,(H,40,41)(H,42,44)(H,43,45)/t30-,33+,35+/m1/s1. The lowest BCUT2D eigenvalue weighted by Crippen LogP contribution is -2.48. The number of morpholine rings is 1. The fourth-order valence-electron chi connectivity index (χ4n) is 6.04. The molecule has 9 nitrogen and oxygen atoms in total. The largest absolute Gasteiger partial charge is 0.453 e.